The molecule has 0 N–H and O–H groups in total. The lowest BCUT2D eigenvalue weighted by atomic mass is 9.97. The zero-order valence-corrected chi connectivity index (χ0v) is 10.9. The molecule has 0 unspecified atom stereocenters. The van der Waals surface area contributed by atoms with Crippen LogP contribution in [0.2, 0.25) is 0 Å². The lowest BCUT2D eigenvalue weighted by molar-refractivity contribution is -0.153. The average molecular weight is 255 g/mol. The van der Waals surface area contributed by atoms with Crippen molar-refractivity contribution in [1.29, 1.82) is 0 Å². The first-order chi connectivity index (χ1) is 8.72. The van der Waals surface area contributed by atoms with E-state index in [-0.39, 0.29) is 23.9 Å². The molecule has 0 aromatic rings. The van der Waals surface area contributed by atoms with Crippen molar-refractivity contribution in [2.24, 2.45) is 5.92 Å². The van der Waals surface area contributed by atoms with Crippen LogP contribution in [0.25, 0.3) is 0 Å². The number of piperidine rings is 1. The molecule has 2 aliphatic heterocycles. The summed E-state index contributed by atoms with van der Waals surface area (Å²) >= 11 is 0. The lowest BCUT2D eigenvalue weighted by Gasteiger charge is -2.32. The molecule has 1 amide bonds. The van der Waals surface area contributed by atoms with Crippen LogP contribution in [0.3, 0.4) is 0 Å². The van der Waals surface area contributed by atoms with E-state index in [2.05, 4.69) is 0 Å². The molecule has 2 atom stereocenters. The molecule has 0 aliphatic carbocycles. The maximum atomic E-state index is 12.2. The molecule has 2 rings (SSSR count). The molecule has 2 saturated heterocycles. The standard InChI is InChI=1S/C13H21NO4/c1-2-17-13(16)10-5-3-7-14(9-10)12(15)11-6-4-8-18-11/h10-11H,2-9H2,1H3/t10-,11-/m1/s1. The fourth-order valence-corrected chi connectivity index (χ4v) is 2.61. The Hall–Kier alpha value is -1.10. The molecule has 18 heavy (non-hydrogen) atoms. The summed E-state index contributed by atoms with van der Waals surface area (Å²) < 4.78 is 10.4. The largest absolute Gasteiger partial charge is 0.466 e. The first-order valence-corrected chi connectivity index (χ1v) is 6.79. The molecule has 0 saturated carbocycles. The number of nitrogens with zero attached hydrogens (tertiary/aromatic N) is 1. The molecule has 2 heterocycles. The Kier molecular flexibility index (Phi) is 4.58. The van der Waals surface area contributed by atoms with Gasteiger partial charge in [0.05, 0.1) is 12.5 Å². The number of esters is 1. The van der Waals surface area contributed by atoms with Crippen LogP contribution in [0, 0.1) is 5.92 Å². The first kappa shape index (κ1) is 13.3. The summed E-state index contributed by atoms with van der Waals surface area (Å²) in [5.41, 5.74) is 0. The Labute approximate surface area is 107 Å². The van der Waals surface area contributed by atoms with Crippen LogP contribution in [0.5, 0.6) is 0 Å². The van der Waals surface area contributed by atoms with E-state index in [1.807, 2.05) is 0 Å². The predicted octanol–water partition coefficient (Wildman–Crippen LogP) is 0.967. The van der Waals surface area contributed by atoms with E-state index in [0.29, 0.717) is 19.8 Å². The summed E-state index contributed by atoms with van der Waals surface area (Å²) in [5.74, 6) is -0.298. The molecular formula is C13H21NO4. The van der Waals surface area contributed by atoms with E-state index in [1.54, 1.807) is 11.8 Å². The van der Waals surface area contributed by atoms with Crippen LogP contribution in [-0.4, -0.2) is 49.2 Å². The van der Waals surface area contributed by atoms with Gasteiger partial charge in [-0.2, -0.15) is 0 Å². The van der Waals surface area contributed by atoms with Gasteiger partial charge in [0.1, 0.15) is 6.10 Å². The molecular weight excluding hydrogens is 234 g/mol. The second-order valence-electron chi connectivity index (χ2n) is 4.88. The fourth-order valence-electron chi connectivity index (χ4n) is 2.61. The summed E-state index contributed by atoms with van der Waals surface area (Å²) in [4.78, 5) is 25.6. The zero-order valence-electron chi connectivity index (χ0n) is 10.9. The number of hydrogen-bond donors (Lipinski definition) is 0. The third kappa shape index (κ3) is 3.02. The Morgan fingerprint density at radius 1 is 1.33 bits per heavy atom. The van der Waals surface area contributed by atoms with Crippen molar-refractivity contribution in [3.8, 4) is 0 Å². The van der Waals surface area contributed by atoms with Gasteiger partial charge in [-0.1, -0.05) is 0 Å². The molecule has 2 aliphatic rings. The Balaban J connectivity index is 1.89. The molecule has 2 fully saturated rings. The van der Waals surface area contributed by atoms with Crippen LogP contribution >= 0.6 is 0 Å². The molecule has 0 aromatic carbocycles. The number of likely N-dealkylation sites (tertiary alicyclic amines) is 1. The SMILES string of the molecule is CCOC(=O)[C@@H]1CCCN(C(=O)[C@H]2CCCO2)C1. The number of amides is 1. The van der Waals surface area contributed by atoms with Crippen molar-refractivity contribution in [3.05, 3.63) is 0 Å². The van der Waals surface area contributed by atoms with Crippen molar-refractivity contribution < 1.29 is 19.1 Å². The normalized spacial score (nSPS) is 28.2. The van der Waals surface area contributed by atoms with Gasteiger partial charge in [-0.05, 0) is 32.6 Å². The average Bonchev–Trinajstić information content (AvgIpc) is 2.92. The van der Waals surface area contributed by atoms with E-state index < -0.39 is 0 Å². The fraction of sp³-hybridized carbons (Fsp3) is 0.846. The molecule has 5 nitrogen and oxygen atoms in total. The van der Waals surface area contributed by atoms with Crippen molar-refractivity contribution >= 4 is 11.9 Å². The minimum Gasteiger partial charge on any atom is -0.466 e. The van der Waals surface area contributed by atoms with Gasteiger partial charge >= 0.3 is 5.97 Å². The van der Waals surface area contributed by atoms with Crippen molar-refractivity contribution in [2.75, 3.05) is 26.3 Å². The van der Waals surface area contributed by atoms with Crippen molar-refractivity contribution in [2.45, 2.75) is 38.7 Å². The van der Waals surface area contributed by atoms with Crippen molar-refractivity contribution in [3.63, 3.8) is 0 Å². The van der Waals surface area contributed by atoms with Crippen LogP contribution in [0.1, 0.15) is 32.6 Å². The number of carbonyl (C=O) groups excluding carboxylic acids is 2. The summed E-state index contributed by atoms with van der Waals surface area (Å²) in [7, 11) is 0. The van der Waals surface area contributed by atoms with Crippen LogP contribution in [0.15, 0.2) is 0 Å². The van der Waals surface area contributed by atoms with Gasteiger partial charge < -0.3 is 14.4 Å². The van der Waals surface area contributed by atoms with Gasteiger partial charge in [0.25, 0.3) is 5.91 Å². The number of rotatable bonds is 3. The number of carbonyl (C=O) groups is 2. The van der Waals surface area contributed by atoms with E-state index in [4.69, 9.17) is 9.47 Å². The van der Waals surface area contributed by atoms with E-state index >= 15 is 0 Å². The van der Waals surface area contributed by atoms with Gasteiger partial charge in [-0.15, -0.1) is 0 Å². The maximum Gasteiger partial charge on any atom is 0.310 e. The molecule has 0 aromatic heterocycles. The maximum absolute atomic E-state index is 12.2. The quantitative estimate of drug-likeness (QED) is 0.705. The summed E-state index contributed by atoms with van der Waals surface area (Å²) in [6.07, 6.45) is 3.15. The summed E-state index contributed by atoms with van der Waals surface area (Å²) in [5, 5.41) is 0. The highest BCUT2D eigenvalue weighted by atomic mass is 16.5. The smallest absolute Gasteiger partial charge is 0.310 e. The van der Waals surface area contributed by atoms with Gasteiger partial charge in [0, 0.05) is 19.7 Å². The number of hydrogen-bond acceptors (Lipinski definition) is 4. The third-order valence-electron chi connectivity index (χ3n) is 3.56. The molecule has 0 radical (unpaired) electrons. The van der Waals surface area contributed by atoms with Crippen LogP contribution in [0.4, 0.5) is 0 Å². The van der Waals surface area contributed by atoms with Crippen LogP contribution in [-0.2, 0) is 19.1 Å². The monoisotopic (exact) mass is 255 g/mol. The third-order valence-corrected chi connectivity index (χ3v) is 3.56. The molecule has 5 heteroatoms. The first-order valence-electron chi connectivity index (χ1n) is 6.79. The van der Waals surface area contributed by atoms with Gasteiger partial charge in [0.2, 0.25) is 0 Å². The molecule has 0 spiro atoms. The topological polar surface area (TPSA) is 55.8 Å². The van der Waals surface area contributed by atoms with Crippen LogP contribution < -0.4 is 0 Å². The summed E-state index contributed by atoms with van der Waals surface area (Å²) in [6, 6.07) is 0. The number of ether oxygens (including phenoxy) is 2. The van der Waals surface area contributed by atoms with Gasteiger partial charge in [0.15, 0.2) is 0 Å². The predicted molar refractivity (Wildman–Crippen MR) is 64.9 cm³/mol. The molecule has 102 valence electrons. The zero-order chi connectivity index (χ0) is 13.0. The highest BCUT2D eigenvalue weighted by molar-refractivity contribution is 5.82. The lowest BCUT2D eigenvalue weighted by Crippen LogP contribution is -2.46. The minimum absolute atomic E-state index is 0.0431. The molecule has 0 bridgehead atoms. The van der Waals surface area contributed by atoms with Crippen molar-refractivity contribution in [1.82, 2.24) is 4.90 Å². The van der Waals surface area contributed by atoms with E-state index in [9.17, 15) is 9.59 Å². The van der Waals surface area contributed by atoms with E-state index in [0.717, 1.165) is 32.2 Å². The summed E-state index contributed by atoms with van der Waals surface area (Å²) in [6.45, 7) is 4.09. The van der Waals surface area contributed by atoms with Gasteiger partial charge in [-0.25, -0.2) is 0 Å². The highest BCUT2D eigenvalue weighted by Crippen LogP contribution is 2.21. The minimum atomic E-state index is -0.286. The Morgan fingerprint density at radius 2 is 2.17 bits per heavy atom. The van der Waals surface area contributed by atoms with E-state index in [1.165, 1.54) is 0 Å². The highest BCUT2D eigenvalue weighted by Gasteiger charge is 2.34. The second kappa shape index (κ2) is 6.18. The second-order valence-corrected chi connectivity index (χ2v) is 4.88. The Morgan fingerprint density at radius 3 is 2.83 bits per heavy atom. The Bertz CT molecular complexity index is 312. The van der Waals surface area contributed by atoms with Gasteiger partial charge in [-0.3, -0.25) is 9.59 Å².